The maximum atomic E-state index is 13.0. The number of hydrogen-bond acceptors (Lipinski definition) is 3. The summed E-state index contributed by atoms with van der Waals surface area (Å²) in [6, 6.07) is 24.3. The van der Waals surface area contributed by atoms with E-state index in [4.69, 9.17) is 10.7 Å². The van der Waals surface area contributed by atoms with Crippen molar-refractivity contribution in [2.45, 2.75) is 44.2 Å². The summed E-state index contributed by atoms with van der Waals surface area (Å²) in [7, 11) is 0. The van der Waals surface area contributed by atoms with E-state index in [0.29, 0.717) is 18.0 Å². The third-order valence-electron chi connectivity index (χ3n) is 6.45. The number of benzene rings is 3. The van der Waals surface area contributed by atoms with Crippen LogP contribution in [0.2, 0.25) is 0 Å². The zero-order valence-electron chi connectivity index (χ0n) is 18.1. The van der Waals surface area contributed by atoms with Crippen LogP contribution < -0.4 is 11.1 Å². The van der Waals surface area contributed by atoms with E-state index in [-0.39, 0.29) is 11.9 Å². The van der Waals surface area contributed by atoms with E-state index >= 15 is 0 Å². The largest absolute Gasteiger partial charge is 0.349 e. The molecule has 1 fully saturated rings. The van der Waals surface area contributed by atoms with Gasteiger partial charge in [0.1, 0.15) is 5.82 Å². The minimum atomic E-state index is -0.0133. The predicted octanol–water partition coefficient (Wildman–Crippen LogP) is 5.14. The molecule has 0 aliphatic heterocycles. The molecule has 5 nitrogen and oxygen atoms in total. The Balaban J connectivity index is 1.28. The Bertz CT molecular complexity index is 1190. The number of imidazole rings is 1. The Hall–Kier alpha value is -3.44. The van der Waals surface area contributed by atoms with Gasteiger partial charge in [-0.15, -0.1) is 0 Å². The molecule has 5 rings (SSSR count). The topological polar surface area (TPSA) is 83.8 Å². The van der Waals surface area contributed by atoms with Crippen LogP contribution in [0.4, 0.5) is 0 Å². The summed E-state index contributed by atoms with van der Waals surface area (Å²) in [6.07, 6.45) is 4.09. The molecule has 0 radical (unpaired) electrons. The van der Waals surface area contributed by atoms with Crippen molar-refractivity contribution in [2.24, 2.45) is 5.73 Å². The minimum Gasteiger partial charge on any atom is -0.349 e. The molecule has 162 valence electrons. The molecule has 0 spiro atoms. The highest BCUT2D eigenvalue weighted by Crippen LogP contribution is 2.32. The number of aromatic amines is 1. The van der Waals surface area contributed by atoms with E-state index in [1.165, 1.54) is 0 Å². The number of nitrogens with two attached hydrogens (primary N) is 1. The van der Waals surface area contributed by atoms with Crippen LogP contribution in [0.1, 0.15) is 53.3 Å². The number of carbonyl (C=O) groups is 1. The van der Waals surface area contributed by atoms with Gasteiger partial charge in [-0.2, -0.15) is 0 Å². The molecule has 0 saturated heterocycles. The fourth-order valence-corrected chi connectivity index (χ4v) is 4.68. The van der Waals surface area contributed by atoms with Crippen LogP contribution in [0.3, 0.4) is 0 Å². The molecule has 5 heteroatoms. The van der Waals surface area contributed by atoms with Crippen molar-refractivity contribution in [2.75, 3.05) is 0 Å². The second-order valence-corrected chi connectivity index (χ2v) is 8.65. The first-order chi connectivity index (χ1) is 15.7. The lowest BCUT2D eigenvalue weighted by molar-refractivity contribution is 0.0924. The Morgan fingerprint density at radius 2 is 1.84 bits per heavy atom. The Morgan fingerprint density at radius 1 is 1.00 bits per heavy atom. The SMILES string of the molecule is NCc1ccc(-c2cccc(C(=O)NC3CCCC(c4nc5ccccc5[nH]4)C3)c2)cc1. The zero-order chi connectivity index (χ0) is 21.9. The van der Waals surface area contributed by atoms with Crippen molar-refractivity contribution in [3.8, 4) is 11.1 Å². The summed E-state index contributed by atoms with van der Waals surface area (Å²) in [5.74, 6) is 1.36. The van der Waals surface area contributed by atoms with Gasteiger partial charge in [-0.3, -0.25) is 4.79 Å². The van der Waals surface area contributed by atoms with Crippen LogP contribution >= 0.6 is 0 Å². The van der Waals surface area contributed by atoms with Gasteiger partial charge < -0.3 is 16.0 Å². The van der Waals surface area contributed by atoms with E-state index in [1.54, 1.807) is 0 Å². The van der Waals surface area contributed by atoms with Crippen LogP contribution in [0, 0.1) is 0 Å². The number of fused-ring (bicyclic) bond motifs is 1. The number of nitrogens with zero attached hydrogens (tertiary/aromatic N) is 1. The molecule has 1 aliphatic rings. The average molecular weight is 425 g/mol. The summed E-state index contributed by atoms with van der Waals surface area (Å²) >= 11 is 0. The van der Waals surface area contributed by atoms with Crippen molar-refractivity contribution < 1.29 is 4.79 Å². The van der Waals surface area contributed by atoms with Crippen molar-refractivity contribution in [1.82, 2.24) is 15.3 Å². The molecule has 1 saturated carbocycles. The monoisotopic (exact) mass is 424 g/mol. The molecule has 1 aromatic heterocycles. The fourth-order valence-electron chi connectivity index (χ4n) is 4.68. The van der Waals surface area contributed by atoms with Gasteiger partial charge in [0, 0.05) is 24.1 Å². The number of hydrogen-bond donors (Lipinski definition) is 3. The standard InChI is InChI=1S/C27H28N4O/c28-17-18-11-13-19(14-12-18)20-5-3-7-22(15-20)27(32)29-23-8-4-6-21(16-23)26-30-24-9-1-2-10-25(24)31-26/h1-3,5,7,9-15,21,23H,4,6,8,16-17,28H2,(H,29,32)(H,30,31). The van der Waals surface area contributed by atoms with Crippen molar-refractivity contribution in [3.05, 3.63) is 89.7 Å². The summed E-state index contributed by atoms with van der Waals surface area (Å²) in [5, 5.41) is 3.27. The number of para-hydroxylation sites is 2. The highest BCUT2D eigenvalue weighted by molar-refractivity contribution is 5.95. The first kappa shape index (κ1) is 20.5. The van der Waals surface area contributed by atoms with E-state index in [0.717, 1.165) is 59.2 Å². The third kappa shape index (κ3) is 4.30. The molecule has 2 unspecified atom stereocenters. The molecule has 1 aliphatic carbocycles. The van der Waals surface area contributed by atoms with Gasteiger partial charge >= 0.3 is 0 Å². The molecular weight excluding hydrogens is 396 g/mol. The van der Waals surface area contributed by atoms with E-state index < -0.39 is 0 Å². The summed E-state index contributed by atoms with van der Waals surface area (Å²) in [6.45, 7) is 0.527. The second-order valence-electron chi connectivity index (χ2n) is 8.65. The van der Waals surface area contributed by atoms with E-state index in [9.17, 15) is 4.79 Å². The number of aromatic nitrogens is 2. The Morgan fingerprint density at radius 3 is 2.66 bits per heavy atom. The van der Waals surface area contributed by atoms with Crippen LogP contribution in [-0.4, -0.2) is 21.9 Å². The normalized spacial score (nSPS) is 18.5. The van der Waals surface area contributed by atoms with Gasteiger partial charge in [-0.25, -0.2) is 4.98 Å². The van der Waals surface area contributed by atoms with Gasteiger partial charge in [0.25, 0.3) is 5.91 Å². The Kier molecular flexibility index (Phi) is 5.73. The first-order valence-corrected chi connectivity index (χ1v) is 11.3. The van der Waals surface area contributed by atoms with Gasteiger partial charge in [-0.1, -0.05) is 55.0 Å². The quantitative estimate of drug-likeness (QED) is 0.414. The average Bonchev–Trinajstić information content (AvgIpc) is 3.29. The lowest BCUT2D eigenvalue weighted by atomic mass is 9.85. The molecule has 3 aromatic carbocycles. The van der Waals surface area contributed by atoms with Gasteiger partial charge in [0.05, 0.1) is 11.0 Å². The molecule has 1 amide bonds. The fraction of sp³-hybridized carbons (Fsp3) is 0.259. The van der Waals surface area contributed by atoms with Gasteiger partial charge in [-0.05, 0) is 60.2 Å². The summed E-state index contributed by atoms with van der Waals surface area (Å²) in [4.78, 5) is 21.3. The van der Waals surface area contributed by atoms with Crippen LogP contribution in [0.5, 0.6) is 0 Å². The molecule has 4 aromatic rings. The highest BCUT2D eigenvalue weighted by Gasteiger charge is 2.26. The van der Waals surface area contributed by atoms with Crippen molar-refractivity contribution >= 4 is 16.9 Å². The summed E-state index contributed by atoms with van der Waals surface area (Å²) in [5.41, 5.74) is 11.7. The number of amides is 1. The molecule has 4 N–H and O–H groups in total. The van der Waals surface area contributed by atoms with Gasteiger partial charge in [0.2, 0.25) is 0 Å². The number of H-pyrrole nitrogens is 1. The molecule has 2 atom stereocenters. The molecule has 0 bridgehead atoms. The van der Waals surface area contributed by atoms with Crippen LogP contribution in [0.15, 0.2) is 72.8 Å². The van der Waals surface area contributed by atoms with Crippen molar-refractivity contribution in [1.29, 1.82) is 0 Å². The van der Waals surface area contributed by atoms with Gasteiger partial charge in [0.15, 0.2) is 0 Å². The zero-order valence-corrected chi connectivity index (χ0v) is 18.1. The summed E-state index contributed by atoms with van der Waals surface area (Å²) < 4.78 is 0. The first-order valence-electron chi connectivity index (χ1n) is 11.3. The lowest BCUT2D eigenvalue weighted by Gasteiger charge is -2.28. The third-order valence-corrected chi connectivity index (χ3v) is 6.45. The predicted molar refractivity (Wildman–Crippen MR) is 128 cm³/mol. The maximum Gasteiger partial charge on any atom is 0.251 e. The van der Waals surface area contributed by atoms with E-state index in [2.05, 4.69) is 28.5 Å². The molecule has 32 heavy (non-hydrogen) atoms. The maximum absolute atomic E-state index is 13.0. The smallest absolute Gasteiger partial charge is 0.251 e. The molecule has 1 heterocycles. The van der Waals surface area contributed by atoms with Crippen molar-refractivity contribution in [3.63, 3.8) is 0 Å². The van der Waals surface area contributed by atoms with E-state index in [1.807, 2.05) is 54.6 Å². The second kappa shape index (κ2) is 8.97. The lowest BCUT2D eigenvalue weighted by Crippen LogP contribution is -2.38. The van der Waals surface area contributed by atoms with Crippen LogP contribution in [0.25, 0.3) is 22.2 Å². The number of rotatable bonds is 5. The highest BCUT2D eigenvalue weighted by atomic mass is 16.1. The van der Waals surface area contributed by atoms with Crippen LogP contribution in [-0.2, 0) is 6.54 Å². The number of nitrogens with one attached hydrogen (secondary N) is 2. The Labute approximate surface area is 188 Å². The minimum absolute atomic E-state index is 0.0133. The number of carbonyl (C=O) groups excluding carboxylic acids is 1. The molecular formula is C27H28N4O.